The molecule has 0 radical (unpaired) electrons. The van der Waals surface area contributed by atoms with Crippen LogP contribution in [0.4, 0.5) is 0 Å². The number of amides is 1. The molecule has 0 aliphatic carbocycles. The Morgan fingerprint density at radius 3 is 2.61 bits per heavy atom. The SMILES string of the molecule is C[C@@H](NC(=O)C[C@@H](c1ccc2c(c1)OCO2)c1c[nH]c2ccccc12)c1ccccc1. The maximum absolute atomic E-state index is 13.1. The van der Waals surface area contributed by atoms with E-state index in [2.05, 4.69) is 16.4 Å². The van der Waals surface area contributed by atoms with Crippen molar-refractivity contribution in [2.24, 2.45) is 0 Å². The summed E-state index contributed by atoms with van der Waals surface area (Å²) in [5.41, 5.74) is 4.26. The molecular weight excluding hydrogens is 388 g/mol. The van der Waals surface area contributed by atoms with Crippen molar-refractivity contribution in [3.63, 3.8) is 0 Å². The monoisotopic (exact) mass is 412 g/mol. The lowest BCUT2D eigenvalue weighted by Gasteiger charge is -2.20. The quantitative estimate of drug-likeness (QED) is 0.452. The van der Waals surface area contributed by atoms with Crippen LogP contribution in [-0.4, -0.2) is 17.7 Å². The van der Waals surface area contributed by atoms with Crippen molar-refractivity contribution in [3.05, 3.63) is 95.7 Å². The maximum Gasteiger partial charge on any atom is 0.231 e. The fourth-order valence-electron chi connectivity index (χ4n) is 4.23. The lowest BCUT2D eigenvalue weighted by Crippen LogP contribution is -2.28. The Kier molecular flexibility index (Phi) is 5.08. The Hall–Kier alpha value is -3.73. The molecule has 0 spiro atoms. The number of carbonyl (C=O) groups is 1. The van der Waals surface area contributed by atoms with Crippen LogP contribution in [0, 0.1) is 0 Å². The Labute approximate surface area is 181 Å². The van der Waals surface area contributed by atoms with Crippen LogP contribution < -0.4 is 14.8 Å². The van der Waals surface area contributed by atoms with E-state index in [1.165, 1.54) is 0 Å². The second-order valence-corrected chi connectivity index (χ2v) is 7.86. The fraction of sp³-hybridized carbons (Fsp3) is 0.192. The molecule has 5 nitrogen and oxygen atoms in total. The second kappa shape index (κ2) is 8.19. The van der Waals surface area contributed by atoms with E-state index in [1.54, 1.807) is 0 Å². The van der Waals surface area contributed by atoms with Crippen molar-refractivity contribution in [2.75, 3.05) is 6.79 Å². The highest BCUT2D eigenvalue weighted by Gasteiger charge is 2.24. The van der Waals surface area contributed by atoms with Crippen molar-refractivity contribution in [3.8, 4) is 11.5 Å². The van der Waals surface area contributed by atoms with Crippen LogP contribution in [-0.2, 0) is 4.79 Å². The van der Waals surface area contributed by atoms with E-state index < -0.39 is 0 Å². The molecule has 5 heteroatoms. The van der Waals surface area contributed by atoms with E-state index in [-0.39, 0.29) is 24.7 Å². The normalized spacial score (nSPS) is 14.4. The summed E-state index contributed by atoms with van der Waals surface area (Å²) in [4.78, 5) is 16.4. The molecular formula is C26H24N2O3. The predicted octanol–water partition coefficient (Wildman–Crippen LogP) is 5.30. The lowest BCUT2D eigenvalue weighted by atomic mass is 9.87. The first-order valence-corrected chi connectivity index (χ1v) is 10.5. The van der Waals surface area contributed by atoms with Gasteiger partial charge in [0.15, 0.2) is 11.5 Å². The molecule has 3 aromatic carbocycles. The molecule has 0 fully saturated rings. The van der Waals surface area contributed by atoms with E-state index in [0.29, 0.717) is 6.42 Å². The molecule has 5 rings (SSSR count). The highest BCUT2D eigenvalue weighted by molar-refractivity contribution is 5.86. The molecule has 0 bridgehead atoms. The Bertz CT molecular complexity index is 1220. The van der Waals surface area contributed by atoms with Gasteiger partial charge in [0, 0.05) is 29.4 Å². The van der Waals surface area contributed by atoms with Crippen molar-refractivity contribution < 1.29 is 14.3 Å². The van der Waals surface area contributed by atoms with Gasteiger partial charge in [0.2, 0.25) is 12.7 Å². The molecule has 2 atom stereocenters. The number of rotatable bonds is 6. The summed E-state index contributed by atoms with van der Waals surface area (Å²) < 4.78 is 11.1. The molecule has 31 heavy (non-hydrogen) atoms. The summed E-state index contributed by atoms with van der Waals surface area (Å²) in [6, 6.07) is 24.0. The zero-order chi connectivity index (χ0) is 21.2. The Morgan fingerprint density at radius 1 is 0.968 bits per heavy atom. The first-order chi connectivity index (χ1) is 15.2. The van der Waals surface area contributed by atoms with E-state index >= 15 is 0 Å². The molecule has 2 heterocycles. The first-order valence-electron chi connectivity index (χ1n) is 10.5. The van der Waals surface area contributed by atoms with Gasteiger partial charge in [0.25, 0.3) is 0 Å². The number of hydrogen-bond donors (Lipinski definition) is 2. The third-order valence-electron chi connectivity index (χ3n) is 5.86. The van der Waals surface area contributed by atoms with Crippen LogP contribution in [0.3, 0.4) is 0 Å². The predicted molar refractivity (Wildman–Crippen MR) is 120 cm³/mol. The van der Waals surface area contributed by atoms with Crippen LogP contribution in [0.25, 0.3) is 10.9 Å². The highest BCUT2D eigenvalue weighted by Crippen LogP contribution is 2.39. The van der Waals surface area contributed by atoms with Gasteiger partial charge in [-0.3, -0.25) is 4.79 Å². The maximum atomic E-state index is 13.1. The van der Waals surface area contributed by atoms with E-state index in [9.17, 15) is 4.79 Å². The summed E-state index contributed by atoms with van der Waals surface area (Å²) in [6.07, 6.45) is 2.34. The molecule has 2 N–H and O–H groups in total. The molecule has 0 saturated heterocycles. The van der Waals surface area contributed by atoms with Crippen molar-refractivity contribution in [1.29, 1.82) is 0 Å². The molecule has 1 aromatic heterocycles. The number of hydrogen-bond acceptors (Lipinski definition) is 3. The number of fused-ring (bicyclic) bond motifs is 2. The summed E-state index contributed by atoms with van der Waals surface area (Å²) in [5, 5.41) is 4.27. The Morgan fingerprint density at radius 2 is 1.74 bits per heavy atom. The molecule has 156 valence electrons. The van der Waals surface area contributed by atoms with Crippen molar-refractivity contribution in [1.82, 2.24) is 10.3 Å². The van der Waals surface area contributed by atoms with Gasteiger partial charge in [0.1, 0.15) is 0 Å². The van der Waals surface area contributed by atoms with Gasteiger partial charge in [-0.15, -0.1) is 0 Å². The Balaban J connectivity index is 1.46. The number of ether oxygens (including phenoxy) is 2. The number of benzene rings is 3. The molecule has 1 aliphatic rings. The minimum absolute atomic E-state index is 0.00398. The van der Waals surface area contributed by atoms with Crippen molar-refractivity contribution >= 4 is 16.8 Å². The third kappa shape index (κ3) is 3.87. The highest BCUT2D eigenvalue weighted by atomic mass is 16.7. The molecule has 4 aromatic rings. The van der Waals surface area contributed by atoms with Crippen LogP contribution in [0.2, 0.25) is 0 Å². The number of para-hydroxylation sites is 1. The van der Waals surface area contributed by atoms with Gasteiger partial charge in [-0.05, 0) is 41.8 Å². The van der Waals surface area contributed by atoms with Gasteiger partial charge in [-0.2, -0.15) is 0 Å². The number of carbonyl (C=O) groups excluding carboxylic acids is 1. The minimum atomic E-state index is -0.117. The number of aromatic amines is 1. The third-order valence-corrected chi connectivity index (χ3v) is 5.86. The summed E-state index contributed by atoms with van der Waals surface area (Å²) in [6.45, 7) is 2.24. The largest absolute Gasteiger partial charge is 0.454 e. The van der Waals surface area contributed by atoms with Gasteiger partial charge < -0.3 is 19.8 Å². The van der Waals surface area contributed by atoms with Crippen molar-refractivity contribution in [2.45, 2.75) is 25.3 Å². The number of H-pyrrole nitrogens is 1. The van der Waals surface area contributed by atoms with Gasteiger partial charge in [-0.25, -0.2) is 0 Å². The van der Waals surface area contributed by atoms with Gasteiger partial charge >= 0.3 is 0 Å². The van der Waals surface area contributed by atoms with E-state index in [0.717, 1.165) is 39.1 Å². The number of aromatic nitrogens is 1. The second-order valence-electron chi connectivity index (χ2n) is 7.86. The average Bonchev–Trinajstić information content (AvgIpc) is 3.44. The van der Waals surface area contributed by atoms with E-state index in [1.807, 2.05) is 79.9 Å². The molecule has 0 unspecified atom stereocenters. The van der Waals surface area contributed by atoms with Crippen LogP contribution in [0.5, 0.6) is 11.5 Å². The van der Waals surface area contributed by atoms with Crippen LogP contribution in [0.15, 0.2) is 79.0 Å². The number of nitrogens with one attached hydrogen (secondary N) is 2. The molecule has 0 saturated carbocycles. The summed E-state index contributed by atoms with van der Waals surface area (Å²) in [7, 11) is 0. The summed E-state index contributed by atoms with van der Waals surface area (Å²) in [5.74, 6) is 1.35. The molecule has 1 amide bonds. The minimum Gasteiger partial charge on any atom is -0.454 e. The average molecular weight is 412 g/mol. The fourth-order valence-corrected chi connectivity index (χ4v) is 4.23. The lowest BCUT2D eigenvalue weighted by molar-refractivity contribution is -0.121. The van der Waals surface area contributed by atoms with Crippen LogP contribution in [0.1, 0.15) is 42.0 Å². The standard InChI is InChI=1S/C26H24N2O3/c1-17(18-7-3-2-4-8-18)28-26(29)14-21(19-11-12-24-25(13-19)31-16-30-24)22-15-27-23-10-6-5-9-20(22)23/h2-13,15,17,21,27H,14,16H2,1H3,(H,28,29)/t17-,21+/m1/s1. The van der Waals surface area contributed by atoms with E-state index in [4.69, 9.17) is 9.47 Å². The zero-order valence-electron chi connectivity index (χ0n) is 17.3. The van der Waals surface area contributed by atoms with Gasteiger partial charge in [-0.1, -0.05) is 54.6 Å². The van der Waals surface area contributed by atoms with Gasteiger partial charge in [0.05, 0.1) is 6.04 Å². The first kappa shape index (κ1) is 19.2. The smallest absolute Gasteiger partial charge is 0.231 e. The molecule has 1 aliphatic heterocycles. The topological polar surface area (TPSA) is 63.4 Å². The summed E-state index contributed by atoms with van der Waals surface area (Å²) >= 11 is 0. The van der Waals surface area contributed by atoms with Crippen LogP contribution >= 0.6 is 0 Å². The zero-order valence-corrected chi connectivity index (χ0v) is 17.3.